The highest BCUT2D eigenvalue weighted by Crippen LogP contribution is 2.42. The standard InChI is InChI=1S/C18H24N4O5/c1-3-27-17(25)18-10-21(9-12(18)4-7-26-11-18)15(23)13-8-14-16(24)20(2)5-6-22(14)19-13/h8,12H,3-7,9-11H2,1-2H3/t12-,18+/m0/s1. The van der Waals surface area contributed by atoms with Crippen LogP contribution in [0.15, 0.2) is 6.07 Å². The maximum Gasteiger partial charge on any atom is 0.316 e. The highest BCUT2D eigenvalue weighted by molar-refractivity contribution is 5.98. The van der Waals surface area contributed by atoms with Gasteiger partial charge in [0.05, 0.1) is 19.8 Å². The Hall–Kier alpha value is -2.42. The van der Waals surface area contributed by atoms with Crippen molar-refractivity contribution < 1.29 is 23.9 Å². The summed E-state index contributed by atoms with van der Waals surface area (Å²) in [7, 11) is 1.73. The predicted octanol–water partition coefficient (Wildman–Crippen LogP) is 0.0105. The minimum atomic E-state index is -0.806. The molecule has 1 aromatic rings. The Labute approximate surface area is 157 Å². The van der Waals surface area contributed by atoms with Gasteiger partial charge in [-0.15, -0.1) is 0 Å². The molecule has 3 aliphatic rings. The normalized spacial score (nSPS) is 27.3. The quantitative estimate of drug-likeness (QED) is 0.690. The molecule has 0 spiro atoms. The van der Waals surface area contributed by atoms with Gasteiger partial charge in [0.1, 0.15) is 11.1 Å². The Morgan fingerprint density at radius 1 is 1.41 bits per heavy atom. The molecule has 0 unspecified atom stereocenters. The van der Waals surface area contributed by atoms with Crippen LogP contribution in [0.2, 0.25) is 0 Å². The number of carbonyl (C=O) groups excluding carboxylic acids is 3. The maximum absolute atomic E-state index is 13.1. The molecule has 4 rings (SSSR count). The van der Waals surface area contributed by atoms with Gasteiger partial charge in [-0.2, -0.15) is 5.10 Å². The summed E-state index contributed by atoms with van der Waals surface area (Å²) in [4.78, 5) is 41.2. The van der Waals surface area contributed by atoms with Gasteiger partial charge in [0.2, 0.25) is 0 Å². The molecule has 0 radical (unpaired) electrons. The summed E-state index contributed by atoms with van der Waals surface area (Å²) >= 11 is 0. The predicted molar refractivity (Wildman–Crippen MR) is 93.1 cm³/mol. The van der Waals surface area contributed by atoms with E-state index < -0.39 is 5.41 Å². The van der Waals surface area contributed by atoms with E-state index >= 15 is 0 Å². The molecule has 27 heavy (non-hydrogen) atoms. The second kappa shape index (κ2) is 6.63. The van der Waals surface area contributed by atoms with Crippen molar-refractivity contribution in [3.63, 3.8) is 0 Å². The van der Waals surface area contributed by atoms with Crippen LogP contribution >= 0.6 is 0 Å². The van der Waals surface area contributed by atoms with E-state index in [2.05, 4.69) is 5.10 Å². The van der Waals surface area contributed by atoms with Crippen LogP contribution in [-0.4, -0.2) is 83.9 Å². The van der Waals surface area contributed by atoms with E-state index in [0.717, 1.165) is 0 Å². The van der Waals surface area contributed by atoms with Crippen molar-refractivity contribution in [1.29, 1.82) is 0 Å². The largest absolute Gasteiger partial charge is 0.465 e. The third-order valence-electron chi connectivity index (χ3n) is 5.85. The molecule has 2 amide bonds. The monoisotopic (exact) mass is 376 g/mol. The van der Waals surface area contributed by atoms with E-state index in [1.54, 1.807) is 34.5 Å². The van der Waals surface area contributed by atoms with Gasteiger partial charge in [-0.05, 0) is 19.3 Å². The summed E-state index contributed by atoms with van der Waals surface area (Å²) in [6, 6.07) is 1.55. The fourth-order valence-electron chi connectivity index (χ4n) is 4.27. The lowest BCUT2D eigenvalue weighted by atomic mass is 9.75. The van der Waals surface area contributed by atoms with Gasteiger partial charge in [-0.25, -0.2) is 0 Å². The smallest absolute Gasteiger partial charge is 0.316 e. The summed E-state index contributed by atoms with van der Waals surface area (Å²) < 4.78 is 12.4. The zero-order valence-corrected chi connectivity index (χ0v) is 15.6. The van der Waals surface area contributed by atoms with Crippen LogP contribution in [0, 0.1) is 11.3 Å². The fraction of sp³-hybridized carbons (Fsp3) is 0.667. The molecule has 1 aromatic heterocycles. The van der Waals surface area contributed by atoms with E-state index in [-0.39, 0.29) is 42.5 Å². The highest BCUT2D eigenvalue weighted by Gasteiger charge is 2.56. The number of amides is 2. The van der Waals surface area contributed by atoms with Crippen molar-refractivity contribution in [3.8, 4) is 0 Å². The molecule has 4 heterocycles. The third kappa shape index (κ3) is 2.80. The highest BCUT2D eigenvalue weighted by atomic mass is 16.5. The lowest BCUT2D eigenvalue weighted by Crippen LogP contribution is -2.47. The van der Waals surface area contributed by atoms with Crippen LogP contribution in [0.25, 0.3) is 0 Å². The van der Waals surface area contributed by atoms with E-state index in [4.69, 9.17) is 9.47 Å². The number of rotatable bonds is 3. The molecular weight excluding hydrogens is 352 g/mol. The first-order valence-electron chi connectivity index (χ1n) is 9.34. The van der Waals surface area contributed by atoms with Crippen molar-refractivity contribution in [1.82, 2.24) is 19.6 Å². The van der Waals surface area contributed by atoms with Crippen LogP contribution in [0.4, 0.5) is 0 Å². The van der Waals surface area contributed by atoms with Crippen molar-refractivity contribution in [2.45, 2.75) is 19.9 Å². The molecular formula is C18H24N4O5. The van der Waals surface area contributed by atoms with E-state index in [1.165, 1.54) is 0 Å². The van der Waals surface area contributed by atoms with Gasteiger partial charge in [0.25, 0.3) is 11.8 Å². The van der Waals surface area contributed by atoms with Crippen LogP contribution in [0.5, 0.6) is 0 Å². The molecule has 0 N–H and O–H groups in total. The first kappa shape index (κ1) is 18.0. The van der Waals surface area contributed by atoms with Crippen LogP contribution in [0.1, 0.15) is 34.3 Å². The summed E-state index contributed by atoms with van der Waals surface area (Å²) in [6.07, 6.45) is 0.714. The lowest BCUT2D eigenvalue weighted by Gasteiger charge is -2.35. The summed E-state index contributed by atoms with van der Waals surface area (Å²) in [5.41, 5.74) is -0.140. The molecule has 9 nitrogen and oxygen atoms in total. The van der Waals surface area contributed by atoms with E-state index in [1.807, 2.05) is 0 Å². The van der Waals surface area contributed by atoms with Crippen LogP contribution in [0.3, 0.4) is 0 Å². The topological polar surface area (TPSA) is 94.0 Å². The maximum atomic E-state index is 13.1. The average molecular weight is 376 g/mol. The molecule has 9 heteroatoms. The van der Waals surface area contributed by atoms with Gasteiger partial charge in [0.15, 0.2) is 5.69 Å². The Morgan fingerprint density at radius 3 is 3.00 bits per heavy atom. The van der Waals surface area contributed by atoms with Crippen molar-refractivity contribution in [2.75, 3.05) is 46.5 Å². The van der Waals surface area contributed by atoms with Crippen molar-refractivity contribution in [3.05, 3.63) is 17.5 Å². The number of hydrogen-bond acceptors (Lipinski definition) is 6. The molecule has 3 aliphatic heterocycles. The molecule has 0 aliphatic carbocycles. The van der Waals surface area contributed by atoms with Crippen LogP contribution in [-0.2, 0) is 20.8 Å². The lowest BCUT2D eigenvalue weighted by molar-refractivity contribution is -0.166. The third-order valence-corrected chi connectivity index (χ3v) is 5.85. The number of carbonyl (C=O) groups is 3. The molecule has 2 fully saturated rings. The van der Waals surface area contributed by atoms with Crippen LogP contribution < -0.4 is 0 Å². The zero-order chi connectivity index (χ0) is 19.2. The summed E-state index contributed by atoms with van der Waals surface area (Å²) in [5, 5.41) is 4.33. The van der Waals surface area contributed by atoms with Gasteiger partial charge in [-0.1, -0.05) is 0 Å². The Bertz CT molecular complexity index is 791. The number of nitrogens with zero attached hydrogens (tertiary/aromatic N) is 4. The number of ether oxygens (including phenoxy) is 2. The number of hydrogen-bond donors (Lipinski definition) is 0. The van der Waals surface area contributed by atoms with Gasteiger partial charge in [0, 0.05) is 39.4 Å². The fourth-order valence-corrected chi connectivity index (χ4v) is 4.27. The molecule has 2 atom stereocenters. The van der Waals surface area contributed by atoms with Gasteiger partial charge in [-0.3, -0.25) is 19.1 Å². The zero-order valence-electron chi connectivity index (χ0n) is 15.6. The van der Waals surface area contributed by atoms with E-state index in [0.29, 0.717) is 45.0 Å². The second-order valence-corrected chi connectivity index (χ2v) is 7.47. The minimum absolute atomic E-state index is 0.0132. The SMILES string of the molecule is CCOC(=O)[C@]12COCC[C@H]1CN(C(=O)c1cc3n(n1)CCN(C)C3=O)C2. The first-order chi connectivity index (χ1) is 13.0. The number of fused-ring (bicyclic) bond motifs is 2. The van der Waals surface area contributed by atoms with E-state index in [9.17, 15) is 14.4 Å². The number of likely N-dealkylation sites (N-methyl/N-ethyl adjacent to an activating group) is 1. The van der Waals surface area contributed by atoms with Gasteiger partial charge < -0.3 is 19.3 Å². The molecule has 2 saturated heterocycles. The second-order valence-electron chi connectivity index (χ2n) is 7.47. The first-order valence-corrected chi connectivity index (χ1v) is 9.34. The average Bonchev–Trinajstić information content (AvgIpc) is 3.27. The van der Waals surface area contributed by atoms with Crippen molar-refractivity contribution in [2.24, 2.45) is 11.3 Å². The molecule has 146 valence electrons. The summed E-state index contributed by atoms with van der Waals surface area (Å²) in [5.74, 6) is -0.685. The van der Waals surface area contributed by atoms with Crippen molar-refractivity contribution >= 4 is 17.8 Å². The Morgan fingerprint density at radius 2 is 2.22 bits per heavy atom. The number of aromatic nitrogens is 2. The number of esters is 1. The van der Waals surface area contributed by atoms with Gasteiger partial charge >= 0.3 is 5.97 Å². The molecule has 0 bridgehead atoms. The number of likely N-dealkylation sites (tertiary alicyclic amines) is 1. The Balaban J connectivity index is 1.58. The molecule has 0 saturated carbocycles. The molecule has 0 aromatic carbocycles. The summed E-state index contributed by atoms with van der Waals surface area (Å²) in [6.45, 7) is 4.77. The minimum Gasteiger partial charge on any atom is -0.465 e. The Kier molecular flexibility index (Phi) is 4.41.